The maximum Gasteiger partial charge on any atom is 0.410 e. The SMILES string of the molecule is CCn1cnc2cc(-c3nc(N4C=C5CN(C(=O)OC(C)(C)C)CC5C4)nc4c3ncn4C3CCCCO3)cc(F)c21. The first-order chi connectivity index (χ1) is 20.2. The van der Waals surface area contributed by atoms with Crippen molar-refractivity contribution in [1.82, 2.24) is 34.0 Å². The van der Waals surface area contributed by atoms with Crippen LogP contribution in [0.25, 0.3) is 33.5 Å². The van der Waals surface area contributed by atoms with Crippen molar-refractivity contribution in [3.8, 4) is 11.3 Å². The number of anilines is 1. The number of hydrogen-bond donors (Lipinski definition) is 0. The average molecular weight is 575 g/mol. The van der Waals surface area contributed by atoms with Crippen LogP contribution in [-0.4, -0.2) is 71.9 Å². The Morgan fingerprint density at radius 2 is 2.00 bits per heavy atom. The van der Waals surface area contributed by atoms with Gasteiger partial charge in [0.2, 0.25) is 5.95 Å². The molecule has 220 valence electrons. The van der Waals surface area contributed by atoms with Crippen molar-refractivity contribution in [2.75, 3.05) is 31.1 Å². The van der Waals surface area contributed by atoms with Gasteiger partial charge in [0.05, 0.1) is 18.2 Å². The van der Waals surface area contributed by atoms with Crippen LogP contribution >= 0.6 is 0 Å². The van der Waals surface area contributed by atoms with Gasteiger partial charge in [-0.2, -0.15) is 4.98 Å². The first-order valence-corrected chi connectivity index (χ1v) is 14.6. The number of aryl methyl sites for hydroxylation is 1. The first kappa shape index (κ1) is 26.8. The molecule has 12 heteroatoms. The fourth-order valence-corrected chi connectivity index (χ4v) is 6.14. The number of nitrogens with zero attached hydrogens (tertiary/aromatic N) is 8. The molecular formula is C30H35FN8O3. The minimum Gasteiger partial charge on any atom is -0.444 e. The quantitative estimate of drug-likeness (QED) is 0.325. The van der Waals surface area contributed by atoms with E-state index in [4.69, 9.17) is 24.4 Å². The van der Waals surface area contributed by atoms with Gasteiger partial charge in [-0.15, -0.1) is 0 Å². The Morgan fingerprint density at radius 3 is 2.74 bits per heavy atom. The van der Waals surface area contributed by atoms with Gasteiger partial charge in [-0.1, -0.05) is 0 Å². The van der Waals surface area contributed by atoms with Crippen molar-refractivity contribution in [3.63, 3.8) is 0 Å². The lowest BCUT2D eigenvalue weighted by atomic mass is 10.1. The summed E-state index contributed by atoms with van der Waals surface area (Å²) in [5.41, 5.74) is 3.99. The molecule has 4 aromatic rings. The maximum atomic E-state index is 15.5. The van der Waals surface area contributed by atoms with E-state index in [0.29, 0.717) is 72.2 Å². The monoisotopic (exact) mass is 574 g/mol. The predicted molar refractivity (Wildman–Crippen MR) is 155 cm³/mol. The summed E-state index contributed by atoms with van der Waals surface area (Å²) in [7, 11) is 0. The summed E-state index contributed by atoms with van der Waals surface area (Å²) in [5.74, 6) is 0.296. The second-order valence-electron chi connectivity index (χ2n) is 12.3. The smallest absolute Gasteiger partial charge is 0.410 e. The van der Waals surface area contributed by atoms with Gasteiger partial charge in [0.1, 0.15) is 34.4 Å². The molecule has 0 N–H and O–H groups in total. The molecule has 6 heterocycles. The third-order valence-corrected chi connectivity index (χ3v) is 8.14. The van der Waals surface area contributed by atoms with Gasteiger partial charge < -0.3 is 23.8 Å². The van der Waals surface area contributed by atoms with E-state index in [-0.39, 0.29) is 24.1 Å². The van der Waals surface area contributed by atoms with Crippen LogP contribution in [0.2, 0.25) is 0 Å². The molecule has 0 bridgehead atoms. The molecule has 3 aromatic heterocycles. The predicted octanol–water partition coefficient (Wildman–Crippen LogP) is 5.27. The highest BCUT2D eigenvalue weighted by molar-refractivity contribution is 5.92. The maximum absolute atomic E-state index is 15.5. The van der Waals surface area contributed by atoms with Crippen molar-refractivity contribution < 1.29 is 18.7 Å². The van der Waals surface area contributed by atoms with Gasteiger partial charge in [0.15, 0.2) is 5.65 Å². The summed E-state index contributed by atoms with van der Waals surface area (Å²) in [6.45, 7) is 10.6. The number of benzene rings is 1. The van der Waals surface area contributed by atoms with Gasteiger partial charge in [0.25, 0.3) is 0 Å². The molecule has 0 spiro atoms. The van der Waals surface area contributed by atoms with E-state index in [1.807, 2.05) is 49.4 Å². The number of ether oxygens (including phenoxy) is 2. The molecule has 42 heavy (non-hydrogen) atoms. The minimum absolute atomic E-state index is 0.152. The van der Waals surface area contributed by atoms with E-state index in [0.717, 1.165) is 24.8 Å². The second-order valence-corrected chi connectivity index (χ2v) is 12.3. The molecule has 0 radical (unpaired) electrons. The van der Waals surface area contributed by atoms with E-state index >= 15 is 4.39 Å². The highest BCUT2D eigenvalue weighted by Gasteiger charge is 2.38. The molecule has 2 saturated heterocycles. The summed E-state index contributed by atoms with van der Waals surface area (Å²) in [5, 5.41) is 0. The Morgan fingerprint density at radius 1 is 1.14 bits per heavy atom. The summed E-state index contributed by atoms with van der Waals surface area (Å²) >= 11 is 0. The standard InChI is InChI=1S/C30H35FN8O3/c1-5-36-16-32-22-11-18(10-21(31)26(22)36)24-25-27(39(17-33-25)23-8-6-7-9-41-23)35-28(34-24)37-12-19-14-38(15-20(19)13-37)29(40)42-30(2,3)4/h10-12,16-17,20,23H,5-9,13-15H2,1-4H3. The zero-order chi connectivity index (χ0) is 29.2. The third-order valence-electron chi connectivity index (χ3n) is 8.14. The van der Waals surface area contributed by atoms with Gasteiger partial charge in [0, 0.05) is 50.5 Å². The number of imidazole rings is 2. The number of aromatic nitrogens is 6. The zero-order valence-corrected chi connectivity index (χ0v) is 24.4. The number of amides is 1. The number of hydrogen-bond acceptors (Lipinski definition) is 8. The van der Waals surface area contributed by atoms with Gasteiger partial charge in [-0.3, -0.25) is 4.57 Å². The van der Waals surface area contributed by atoms with E-state index in [2.05, 4.69) is 4.98 Å². The van der Waals surface area contributed by atoms with E-state index in [1.165, 1.54) is 6.07 Å². The molecule has 0 aliphatic carbocycles. The van der Waals surface area contributed by atoms with Crippen LogP contribution in [0.5, 0.6) is 0 Å². The highest BCUT2D eigenvalue weighted by Crippen LogP contribution is 2.36. The van der Waals surface area contributed by atoms with Crippen LogP contribution in [-0.2, 0) is 16.0 Å². The summed E-state index contributed by atoms with van der Waals surface area (Å²) in [4.78, 5) is 35.5. The minimum atomic E-state index is -0.545. The van der Waals surface area contributed by atoms with Crippen LogP contribution in [0, 0.1) is 11.7 Å². The lowest BCUT2D eigenvalue weighted by Gasteiger charge is -2.25. The van der Waals surface area contributed by atoms with E-state index in [1.54, 1.807) is 22.1 Å². The molecule has 3 aliphatic rings. The molecule has 1 amide bonds. The van der Waals surface area contributed by atoms with Gasteiger partial charge in [-0.05, 0) is 64.7 Å². The molecule has 0 saturated carbocycles. The van der Waals surface area contributed by atoms with Crippen molar-refractivity contribution in [3.05, 3.63) is 42.4 Å². The molecule has 2 atom stereocenters. The number of fused-ring (bicyclic) bond motifs is 3. The summed E-state index contributed by atoms with van der Waals surface area (Å²) in [6.07, 6.45) is 7.92. The topological polar surface area (TPSA) is 103 Å². The van der Waals surface area contributed by atoms with Crippen molar-refractivity contribution >= 4 is 34.2 Å². The molecular weight excluding hydrogens is 539 g/mol. The normalized spacial score (nSPS) is 20.9. The molecule has 2 fully saturated rings. The lowest BCUT2D eigenvalue weighted by molar-refractivity contribution is -0.0298. The van der Waals surface area contributed by atoms with Crippen LogP contribution in [0.15, 0.2) is 36.6 Å². The Labute approximate surface area is 243 Å². The lowest BCUT2D eigenvalue weighted by Crippen LogP contribution is -2.36. The largest absolute Gasteiger partial charge is 0.444 e. The van der Waals surface area contributed by atoms with Crippen LogP contribution in [0.1, 0.15) is 53.2 Å². The molecule has 1 aromatic carbocycles. The van der Waals surface area contributed by atoms with Crippen molar-refractivity contribution in [1.29, 1.82) is 0 Å². The van der Waals surface area contributed by atoms with Gasteiger partial charge >= 0.3 is 6.09 Å². The van der Waals surface area contributed by atoms with Crippen LogP contribution in [0.3, 0.4) is 0 Å². The third kappa shape index (κ3) is 4.67. The number of carbonyl (C=O) groups is 1. The highest BCUT2D eigenvalue weighted by atomic mass is 19.1. The van der Waals surface area contributed by atoms with Crippen LogP contribution in [0.4, 0.5) is 15.1 Å². The van der Waals surface area contributed by atoms with E-state index in [9.17, 15) is 4.79 Å². The average Bonchev–Trinajstić information content (AvgIpc) is 3.73. The Kier molecular flexibility index (Phi) is 6.41. The van der Waals surface area contributed by atoms with E-state index < -0.39 is 5.60 Å². The van der Waals surface area contributed by atoms with Crippen molar-refractivity contribution in [2.45, 2.75) is 65.3 Å². The van der Waals surface area contributed by atoms with Crippen LogP contribution < -0.4 is 4.90 Å². The second kappa shape index (κ2) is 10.0. The molecule has 2 unspecified atom stereocenters. The fraction of sp³-hybridized carbons (Fsp3) is 0.500. The molecule has 11 nitrogen and oxygen atoms in total. The number of likely N-dealkylation sites (tertiary alicyclic amines) is 1. The van der Waals surface area contributed by atoms with Gasteiger partial charge in [-0.25, -0.2) is 24.1 Å². The fourth-order valence-electron chi connectivity index (χ4n) is 6.14. The zero-order valence-electron chi connectivity index (χ0n) is 24.4. The Hall–Kier alpha value is -4.06. The van der Waals surface area contributed by atoms with Crippen molar-refractivity contribution in [2.24, 2.45) is 5.92 Å². The number of carbonyl (C=O) groups excluding carboxylic acids is 1. The number of halogens is 1. The Balaban J connectivity index is 1.29. The Bertz CT molecular complexity index is 1710. The number of rotatable bonds is 4. The molecule has 7 rings (SSSR count). The first-order valence-electron chi connectivity index (χ1n) is 14.6. The summed E-state index contributed by atoms with van der Waals surface area (Å²) in [6, 6.07) is 3.37. The summed E-state index contributed by atoms with van der Waals surface area (Å²) < 4.78 is 30.9. The molecule has 3 aliphatic heterocycles.